The maximum Gasteiger partial charge on any atom is 0.0236 e. The average molecular weight is 239 g/mol. The number of benzene rings is 2. The van der Waals surface area contributed by atoms with E-state index in [9.17, 15) is 0 Å². The molecule has 0 aromatic heterocycles. The van der Waals surface area contributed by atoms with E-state index in [2.05, 4.69) is 74.3 Å². The zero-order chi connectivity index (χ0) is 13.0. The SMILES string of the molecule is Cc1cccc(CN(C)Cc2ccccc2)c1C. The van der Waals surface area contributed by atoms with Gasteiger partial charge in [0.05, 0.1) is 0 Å². The molecule has 2 rings (SSSR count). The monoisotopic (exact) mass is 239 g/mol. The summed E-state index contributed by atoms with van der Waals surface area (Å²) in [7, 11) is 2.18. The summed E-state index contributed by atoms with van der Waals surface area (Å²) in [4.78, 5) is 2.36. The molecule has 2 aromatic rings. The minimum Gasteiger partial charge on any atom is -0.298 e. The summed E-state index contributed by atoms with van der Waals surface area (Å²) >= 11 is 0. The molecule has 0 atom stereocenters. The number of aryl methyl sites for hydroxylation is 1. The van der Waals surface area contributed by atoms with Crippen LogP contribution in [0, 0.1) is 13.8 Å². The maximum absolute atomic E-state index is 2.36. The topological polar surface area (TPSA) is 3.24 Å². The molecule has 0 radical (unpaired) electrons. The van der Waals surface area contributed by atoms with Gasteiger partial charge in [-0.1, -0.05) is 48.5 Å². The zero-order valence-electron chi connectivity index (χ0n) is 11.5. The van der Waals surface area contributed by atoms with Crippen molar-refractivity contribution in [3.63, 3.8) is 0 Å². The Hall–Kier alpha value is -1.60. The quantitative estimate of drug-likeness (QED) is 0.781. The van der Waals surface area contributed by atoms with Crippen LogP contribution in [0.1, 0.15) is 22.3 Å². The Balaban J connectivity index is 2.03. The molecule has 0 bridgehead atoms. The lowest BCUT2D eigenvalue weighted by Crippen LogP contribution is -2.17. The van der Waals surface area contributed by atoms with Crippen LogP contribution in [0.15, 0.2) is 48.5 Å². The highest BCUT2D eigenvalue weighted by molar-refractivity contribution is 5.33. The molecule has 0 aliphatic rings. The third kappa shape index (κ3) is 3.21. The maximum atomic E-state index is 2.36. The third-order valence-electron chi connectivity index (χ3n) is 3.45. The molecular weight excluding hydrogens is 218 g/mol. The van der Waals surface area contributed by atoms with Gasteiger partial charge >= 0.3 is 0 Å². The van der Waals surface area contributed by atoms with E-state index in [1.807, 2.05) is 0 Å². The fourth-order valence-electron chi connectivity index (χ4n) is 2.22. The van der Waals surface area contributed by atoms with Gasteiger partial charge in [0, 0.05) is 13.1 Å². The molecule has 0 unspecified atom stereocenters. The van der Waals surface area contributed by atoms with E-state index >= 15 is 0 Å². The lowest BCUT2D eigenvalue weighted by atomic mass is 10.0. The fraction of sp³-hybridized carbons (Fsp3) is 0.294. The van der Waals surface area contributed by atoms with E-state index in [0.29, 0.717) is 0 Å². The summed E-state index contributed by atoms with van der Waals surface area (Å²) in [6, 6.07) is 17.2. The molecule has 0 heterocycles. The van der Waals surface area contributed by atoms with E-state index in [-0.39, 0.29) is 0 Å². The predicted octanol–water partition coefficient (Wildman–Crippen LogP) is 3.94. The molecular formula is C17H21N. The first-order valence-electron chi connectivity index (χ1n) is 6.44. The van der Waals surface area contributed by atoms with Gasteiger partial charge in [0.2, 0.25) is 0 Å². The lowest BCUT2D eigenvalue weighted by Gasteiger charge is -2.19. The Morgan fingerprint density at radius 3 is 2.28 bits per heavy atom. The zero-order valence-corrected chi connectivity index (χ0v) is 11.5. The second-order valence-corrected chi connectivity index (χ2v) is 5.02. The Labute approximate surface area is 110 Å². The summed E-state index contributed by atoms with van der Waals surface area (Å²) in [5.41, 5.74) is 5.58. The Bertz CT molecular complexity index is 502. The largest absolute Gasteiger partial charge is 0.298 e. The van der Waals surface area contributed by atoms with Crippen LogP contribution in [-0.4, -0.2) is 11.9 Å². The summed E-state index contributed by atoms with van der Waals surface area (Å²) < 4.78 is 0. The molecule has 2 aromatic carbocycles. The molecule has 0 spiro atoms. The number of hydrogen-bond donors (Lipinski definition) is 0. The summed E-state index contributed by atoms with van der Waals surface area (Å²) in [6.45, 7) is 6.38. The van der Waals surface area contributed by atoms with E-state index < -0.39 is 0 Å². The molecule has 94 valence electrons. The highest BCUT2D eigenvalue weighted by Gasteiger charge is 2.05. The Morgan fingerprint density at radius 2 is 1.56 bits per heavy atom. The number of nitrogens with zero attached hydrogens (tertiary/aromatic N) is 1. The van der Waals surface area contributed by atoms with E-state index in [1.165, 1.54) is 22.3 Å². The van der Waals surface area contributed by atoms with Gasteiger partial charge in [-0.2, -0.15) is 0 Å². The van der Waals surface area contributed by atoms with Gasteiger partial charge < -0.3 is 0 Å². The summed E-state index contributed by atoms with van der Waals surface area (Å²) in [5.74, 6) is 0. The molecule has 1 nitrogen and oxygen atoms in total. The molecule has 1 heteroatoms. The van der Waals surface area contributed by atoms with Crippen LogP contribution < -0.4 is 0 Å². The second-order valence-electron chi connectivity index (χ2n) is 5.02. The van der Waals surface area contributed by atoms with Crippen LogP contribution in [-0.2, 0) is 13.1 Å². The molecule has 0 aliphatic heterocycles. The minimum atomic E-state index is 0.994. The number of hydrogen-bond acceptors (Lipinski definition) is 1. The van der Waals surface area contributed by atoms with Gasteiger partial charge in [-0.25, -0.2) is 0 Å². The molecule has 18 heavy (non-hydrogen) atoms. The molecule has 0 saturated heterocycles. The lowest BCUT2D eigenvalue weighted by molar-refractivity contribution is 0.318. The number of rotatable bonds is 4. The van der Waals surface area contributed by atoms with Crippen LogP contribution in [0.4, 0.5) is 0 Å². The smallest absolute Gasteiger partial charge is 0.0236 e. The molecule has 0 aliphatic carbocycles. The third-order valence-corrected chi connectivity index (χ3v) is 3.45. The summed E-state index contributed by atoms with van der Waals surface area (Å²) in [6.07, 6.45) is 0. The predicted molar refractivity (Wildman–Crippen MR) is 77.5 cm³/mol. The second kappa shape index (κ2) is 5.83. The fourth-order valence-corrected chi connectivity index (χ4v) is 2.22. The van der Waals surface area contributed by atoms with Crippen molar-refractivity contribution in [2.45, 2.75) is 26.9 Å². The standard InChI is InChI=1S/C17H21N/c1-14-8-7-11-17(15(14)2)13-18(3)12-16-9-5-4-6-10-16/h4-11H,12-13H2,1-3H3. The van der Waals surface area contributed by atoms with Gasteiger partial charge in [0.1, 0.15) is 0 Å². The van der Waals surface area contributed by atoms with Crippen LogP contribution in [0.5, 0.6) is 0 Å². The highest BCUT2D eigenvalue weighted by atomic mass is 15.1. The van der Waals surface area contributed by atoms with E-state index in [1.54, 1.807) is 0 Å². The molecule has 0 amide bonds. The van der Waals surface area contributed by atoms with Crippen LogP contribution in [0.2, 0.25) is 0 Å². The van der Waals surface area contributed by atoms with Crippen molar-refractivity contribution in [3.05, 3.63) is 70.8 Å². The van der Waals surface area contributed by atoms with E-state index in [4.69, 9.17) is 0 Å². The van der Waals surface area contributed by atoms with Gasteiger partial charge in [-0.3, -0.25) is 4.90 Å². The van der Waals surface area contributed by atoms with Gasteiger partial charge in [0.15, 0.2) is 0 Å². The Kier molecular flexibility index (Phi) is 4.16. The molecule has 0 N–H and O–H groups in total. The van der Waals surface area contributed by atoms with Crippen molar-refractivity contribution in [2.24, 2.45) is 0 Å². The normalized spacial score (nSPS) is 10.9. The first-order valence-corrected chi connectivity index (χ1v) is 6.44. The molecule has 0 fully saturated rings. The van der Waals surface area contributed by atoms with E-state index in [0.717, 1.165) is 13.1 Å². The van der Waals surface area contributed by atoms with Crippen molar-refractivity contribution >= 4 is 0 Å². The van der Waals surface area contributed by atoms with Gasteiger partial charge in [-0.15, -0.1) is 0 Å². The van der Waals surface area contributed by atoms with Crippen molar-refractivity contribution in [1.29, 1.82) is 0 Å². The summed E-state index contributed by atoms with van der Waals surface area (Å²) in [5, 5.41) is 0. The van der Waals surface area contributed by atoms with Crippen molar-refractivity contribution < 1.29 is 0 Å². The minimum absolute atomic E-state index is 0.994. The first kappa shape index (κ1) is 12.8. The van der Waals surface area contributed by atoms with Crippen molar-refractivity contribution in [2.75, 3.05) is 7.05 Å². The van der Waals surface area contributed by atoms with Crippen molar-refractivity contribution in [3.8, 4) is 0 Å². The van der Waals surface area contributed by atoms with Gasteiger partial charge in [-0.05, 0) is 43.1 Å². The Morgan fingerprint density at radius 1 is 0.833 bits per heavy atom. The van der Waals surface area contributed by atoms with Crippen LogP contribution in [0.25, 0.3) is 0 Å². The average Bonchev–Trinajstić information content (AvgIpc) is 2.36. The van der Waals surface area contributed by atoms with Gasteiger partial charge in [0.25, 0.3) is 0 Å². The van der Waals surface area contributed by atoms with Crippen molar-refractivity contribution in [1.82, 2.24) is 4.90 Å². The first-order chi connectivity index (χ1) is 8.66. The van der Waals surface area contributed by atoms with Crippen LogP contribution in [0.3, 0.4) is 0 Å². The molecule has 0 saturated carbocycles. The van der Waals surface area contributed by atoms with Crippen LogP contribution >= 0.6 is 0 Å². The highest BCUT2D eigenvalue weighted by Crippen LogP contribution is 2.15.